The van der Waals surface area contributed by atoms with Crippen LogP contribution in [0.1, 0.15) is 17.3 Å². The number of benzene rings is 1. The number of ether oxygens (including phenoxy) is 1. The van der Waals surface area contributed by atoms with E-state index in [4.69, 9.17) is 14.9 Å². The lowest BCUT2D eigenvalue weighted by molar-refractivity contribution is -0.130. The highest BCUT2D eigenvalue weighted by molar-refractivity contribution is 5.94. The summed E-state index contributed by atoms with van der Waals surface area (Å²) in [6.07, 6.45) is 0. The normalized spacial score (nSPS) is 9.56. The van der Waals surface area contributed by atoms with Crippen LogP contribution < -0.4 is 4.74 Å². The zero-order valence-corrected chi connectivity index (χ0v) is 8.56. The highest BCUT2D eigenvalue weighted by atomic mass is 16.5. The van der Waals surface area contributed by atoms with Crippen LogP contribution in [0.25, 0.3) is 0 Å². The van der Waals surface area contributed by atoms with Crippen molar-refractivity contribution in [3.05, 3.63) is 35.9 Å². The van der Waals surface area contributed by atoms with Gasteiger partial charge in [-0.15, -0.1) is 0 Å². The highest BCUT2D eigenvalue weighted by Gasteiger charge is 2.15. The van der Waals surface area contributed by atoms with Gasteiger partial charge in [0.2, 0.25) is 0 Å². The molecule has 5 heteroatoms. The quantitative estimate of drug-likeness (QED) is 0.460. The molecule has 84 valence electrons. The molecule has 0 unspecified atom stereocenters. The first kappa shape index (κ1) is 11.8. The monoisotopic (exact) mass is 222 g/mol. The van der Waals surface area contributed by atoms with Gasteiger partial charge in [0.1, 0.15) is 17.1 Å². The third kappa shape index (κ3) is 2.60. The number of rotatable bonds is 3. The molecule has 0 aliphatic carbocycles. The van der Waals surface area contributed by atoms with Crippen LogP contribution in [0.3, 0.4) is 0 Å². The van der Waals surface area contributed by atoms with Crippen molar-refractivity contribution in [3.63, 3.8) is 0 Å². The minimum Gasteiger partial charge on any atom is -0.508 e. The Kier molecular flexibility index (Phi) is 3.30. The second kappa shape index (κ2) is 4.48. The topological polar surface area (TPSA) is 83.8 Å². The summed E-state index contributed by atoms with van der Waals surface area (Å²) in [5.74, 6) is -2.38. The molecule has 5 nitrogen and oxygen atoms in total. The van der Waals surface area contributed by atoms with E-state index in [1.165, 1.54) is 13.0 Å². The van der Waals surface area contributed by atoms with Crippen molar-refractivity contribution in [1.82, 2.24) is 0 Å². The lowest BCUT2D eigenvalue weighted by Crippen LogP contribution is -2.11. The van der Waals surface area contributed by atoms with Crippen molar-refractivity contribution in [2.45, 2.75) is 6.92 Å². The number of carboxylic acid groups (broad SMARTS) is 1. The van der Waals surface area contributed by atoms with Crippen LogP contribution in [0.15, 0.2) is 30.4 Å². The molecule has 0 spiro atoms. The average molecular weight is 222 g/mol. The van der Waals surface area contributed by atoms with Gasteiger partial charge in [-0.25, -0.2) is 9.59 Å². The maximum atomic E-state index is 11.2. The molecule has 0 radical (unpaired) electrons. The molecule has 0 bridgehead atoms. The van der Waals surface area contributed by atoms with E-state index >= 15 is 0 Å². The van der Waals surface area contributed by atoms with Crippen LogP contribution in [-0.2, 0) is 4.79 Å². The molecular formula is C11H10O5. The number of hydrogen-bond acceptors (Lipinski definition) is 4. The van der Waals surface area contributed by atoms with Gasteiger partial charge in [-0.05, 0) is 19.1 Å². The van der Waals surface area contributed by atoms with Crippen LogP contribution in [0.5, 0.6) is 11.5 Å². The summed E-state index contributed by atoms with van der Waals surface area (Å²) in [5, 5.41) is 18.0. The van der Waals surface area contributed by atoms with E-state index in [0.717, 1.165) is 12.1 Å². The van der Waals surface area contributed by atoms with E-state index in [0.29, 0.717) is 0 Å². The number of aromatic carboxylic acids is 1. The van der Waals surface area contributed by atoms with E-state index in [-0.39, 0.29) is 22.6 Å². The van der Waals surface area contributed by atoms with Crippen LogP contribution in [-0.4, -0.2) is 22.2 Å². The second-order valence-electron chi connectivity index (χ2n) is 3.16. The Morgan fingerprint density at radius 2 is 2.00 bits per heavy atom. The molecule has 0 aromatic heterocycles. The van der Waals surface area contributed by atoms with Crippen molar-refractivity contribution in [3.8, 4) is 11.5 Å². The standard InChI is InChI=1S/C11H10O5/c1-6(2)11(15)16-9-5-7(12)3-4-8(9)10(13)14/h3-5,12H,1H2,2H3,(H,13,14). The van der Waals surface area contributed by atoms with Crippen molar-refractivity contribution >= 4 is 11.9 Å². The van der Waals surface area contributed by atoms with E-state index < -0.39 is 11.9 Å². The Labute approximate surface area is 91.6 Å². The third-order valence-electron chi connectivity index (χ3n) is 1.75. The van der Waals surface area contributed by atoms with E-state index in [9.17, 15) is 9.59 Å². The van der Waals surface area contributed by atoms with E-state index in [1.807, 2.05) is 0 Å². The molecule has 0 heterocycles. The molecule has 1 aromatic rings. The zero-order valence-electron chi connectivity index (χ0n) is 8.56. The number of aromatic hydroxyl groups is 1. The number of carboxylic acids is 1. The van der Waals surface area contributed by atoms with Gasteiger partial charge in [-0.1, -0.05) is 6.58 Å². The number of phenols is 1. The fourth-order valence-electron chi connectivity index (χ4n) is 0.959. The summed E-state index contributed by atoms with van der Waals surface area (Å²) in [6.45, 7) is 4.80. The predicted octanol–water partition coefficient (Wildman–Crippen LogP) is 1.57. The summed E-state index contributed by atoms with van der Waals surface area (Å²) in [7, 11) is 0. The second-order valence-corrected chi connectivity index (χ2v) is 3.16. The Bertz CT molecular complexity index is 461. The lowest BCUT2D eigenvalue weighted by Gasteiger charge is -2.07. The number of esters is 1. The van der Waals surface area contributed by atoms with Crippen LogP contribution >= 0.6 is 0 Å². The first-order chi connectivity index (χ1) is 7.41. The summed E-state index contributed by atoms with van der Waals surface area (Å²) in [5.41, 5.74) is -0.0629. The maximum Gasteiger partial charge on any atom is 0.339 e. The molecule has 0 saturated heterocycles. The molecule has 0 amide bonds. The van der Waals surface area contributed by atoms with Crippen LogP contribution in [0, 0.1) is 0 Å². The van der Waals surface area contributed by atoms with E-state index in [2.05, 4.69) is 6.58 Å². The van der Waals surface area contributed by atoms with Gasteiger partial charge in [-0.3, -0.25) is 0 Å². The number of carbonyl (C=O) groups excluding carboxylic acids is 1. The third-order valence-corrected chi connectivity index (χ3v) is 1.75. The number of phenolic OH excluding ortho intramolecular Hbond substituents is 1. The SMILES string of the molecule is C=C(C)C(=O)Oc1cc(O)ccc1C(=O)O. The smallest absolute Gasteiger partial charge is 0.339 e. The first-order valence-electron chi connectivity index (χ1n) is 4.36. The van der Waals surface area contributed by atoms with Crippen molar-refractivity contribution in [2.75, 3.05) is 0 Å². The van der Waals surface area contributed by atoms with Crippen molar-refractivity contribution in [2.24, 2.45) is 0 Å². The van der Waals surface area contributed by atoms with Crippen LogP contribution in [0.2, 0.25) is 0 Å². The molecule has 0 atom stereocenters. The fraction of sp³-hybridized carbons (Fsp3) is 0.0909. The Balaban J connectivity index is 3.10. The van der Waals surface area contributed by atoms with Crippen molar-refractivity contribution in [1.29, 1.82) is 0 Å². The van der Waals surface area contributed by atoms with Gasteiger partial charge < -0.3 is 14.9 Å². The summed E-state index contributed by atoms with van der Waals surface area (Å²) >= 11 is 0. The number of carbonyl (C=O) groups is 2. The minimum atomic E-state index is -1.25. The predicted molar refractivity (Wildman–Crippen MR) is 55.5 cm³/mol. The maximum absolute atomic E-state index is 11.2. The average Bonchev–Trinajstić information content (AvgIpc) is 2.16. The molecular weight excluding hydrogens is 212 g/mol. The summed E-state index contributed by atoms with van der Waals surface area (Å²) in [6, 6.07) is 3.41. The number of hydrogen-bond donors (Lipinski definition) is 2. The highest BCUT2D eigenvalue weighted by Crippen LogP contribution is 2.24. The lowest BCUT2D eigenvalue weighted by atomic mass is 10.2. The van der Waals surface area contributed by atoms with Crippen LogP contribution in [0.4, 0.5) is 0 Å². The van der Waals surface area contributed by atoms with Gasteiger partial charge >= 0.3 is 11.9 Å². The molecule has 1 aromatic carbocycles. The fourth-order valence-corrected chi connectivity index (χ4v) is 0.959. The van der Waals surface area contributed by atoms with Crippen molar-refractivity contribution < 1.29 is 24.5 Å². The molecule has 16 heavy (non-hydrogen) atoms. The summed E-state index contributed by atoms with van der Waals surface area (Å²) in [4.78, 5) is 22.0. The molecule has 0 fully saturated rings. The van der Waals surface area contributed by atoms with Gasteiger partial charge in [0.25, 0.3) is 0 Å². The molecule has 0 aliphatic rings. The summed E-state index contributed by atoms with van der Waals surface area (Å²) < 4.78 is 4.77. The minimum absolute atomic E-state index is 0.139. The van der Waals surface area contributed by atoms with Gasteiger partial charge in [0, 0.05) is 11.6 Å². The Morgan fingerprint density at radius 1 is 1.38 bits per heavy atom. The molecule has 2 N–H and O–H groups in total. The van der Waals surface area contributed by atoms with Gasteiger partial charge in [-0.2, -0.15) is 0 Å². The Morgan fingerprint density at radius 3 is 2.50 bits per heavy atom. The van der Waals surface area contributed by atoms with Gasteiger partial charge in [0.15, 0.2) is 0 Å². The first-order valence-corrected chi connectivity index (χ1v) is 4.36. The molecule has 1 rings (SSSR count). The van der Waals surface area contributed by atoms with E-state index in [1.54, 1.807) is 0 Å². The molecule has 0 saturated carbocycles. The van der Waals surface area contributed by atoms with Gasteiger partial charge in [0.05, 0.1) is 0 Å². The zero-order chi connectivity index (χ0) is 12.3. The Hall–Kier alpha value is -2.30. The largest absolute Gasteiger partial charge is 0.508 e. The molecule has 0 aliphatic heterocycles.